The molecule has 0 saturated carbocycles. The van der Waals surface area contributed by atoms with E-state index in [0.717, 1.165) is 11.1 Å². The van der Waals surface area contributed by atoms with Crippen molar-refractivity contribution in [1.29, 1.82) is 0 Å². The van der Waals surface area contributed by atoms with E-state index < -0.39 is 11.8 Å². The van der Waals surface area contributed by atoms with Gasteiger partial charge in [0.15, 0.2) is 0 Å². The van der Waals surface area contributed by atoms with E-state index >= 15 is 0 Å². The summed E-state index contributed by atoms with van der Waals surface area (Å²) in [6.45, 7) is 5.68. The van der Waals surface area contributed by atoms with Crippen LogP contribution in [0.3, 0.4) is 0 Å². The number of carboxylic acids is 1. The normalized spacial score (nSPS) is 10.4. The van der Waals surface area contributed by atoms with Crippen LogP contribution in [0, 0.1) is 0 Å². The standard InChI is InChI=1S/C13H11NO3/c1-7(2)8-3-4-9-5-10(13(16)17)12(15)14-11(9)6-8/h3-6H,1H2,2H3,(H,14,15)(H,16,17). The molecule has 86 valence electrons. The second-order valence-corrected chi connectivity index (χ2v) is 3.85. The van der Waals surface area contributed by atoms with Crippen molar-refractivity contribution in [3.8, 4) is 5.88 Å². The molecule has 1 aromatic heterocycles. The maximum Gasteiger partial charge on any atom is 0.341 e. The third kappa shape index (κ3) is 1.97. The summed E-state index contributed by atoms with van der Waals surface area (Å²) < 4.78 is 0. The van der Waals surface area contributed by atoms with Crippen molar-refractivity contribution in [3.63, 3.8) is 0 Å². The molecule has 2 aromatic rings. The van der Waals surface area contributed by atoms with Gasteiger partial charge in [-0.1, -0.05) is 24.3 Å². The Labute approximate surface area is 97.9 Å². The van der Waals surface area contributed by atoms with Crippen molar-refractivity contribution in [2.24, 2.45) is 0 Å². The minimum absolute atomic E-state index is 0.194. The highest BCUT2D eigenvalue weighted by Crippen LogP contribution is 2.24. The molecule has 0 aliphatic carbocycles. The lowest BCUT2D eigenvalue weighted by Gasteiger charge is -2.05. The Bertz CT molecular complexity index is 632. The molecule has 0 unspecified atom stereocenters. The molecule has 0 atom stereocenters. The number of carbonyl (C=O) groups is 1. The molecule has 4 heteroatoms. The van der Waals surface area contributed by atoms with Gasteiger partial charge in [0.05, 0.1) is 5.52 Å². The highest BCUT2D eigenvalue weighted by molar-refractivity contribution is 5.95. The Morgan fingerprint density at radius 3 is 2.65 bits per heavy atom. The van der Waals surface area contributed by atoms with Gasteiger partial charge in [0.25, 0.3) is 0 Å². The number of aromatic hydroxyl groups is 1. The Kier molecular flexibility index (Phi) is 2.55. The molecular formula is C13H11NO3. The number of nitrogens with zero attached hydrogens (tertiary/aromatic N) is 1. The summed E-state index contributed by atoms with van der Waals surface area (Å²) >= 11 is 0. The number of fused-ring (bicyclic) bond motifs is 1. The molecule has 4 nitrogen and oxygen atoms in total. The molecule has 1 aromatic carbocycles. The fourth-order valence-electron chi connectivity index (χ4n) is 1.58. The lowest BCUT2D eigenvalue weighted by atomic mass is 10.1. The van der Waals surface area contributed by atoms with Crippen LogP contribution in [0.15, 0.2) is 30.8 Å². The molecule has 0 aliphatic heterocycles. The number of carboxylic acid groups (broad SMARTS) is 1. The lowest BCUT2D eigenvalue weighted by molar-refractivity contribution is 0.0693. The van der Waals surface area contributed by atoms with Crippen LogP contribution in [-0.2, 0) is 0 Å². The third-order valence-electron chi connectivity index (χ3n) is 2.52. The molecule has 0 fully saturated rings. The predicted octanol–water partition coefficient (Wildman–Crippen LogP) is 2.67. The molecule has 1 heterocycles. The summed E-state index contributed by atoms with van der Waals surface area (Å²) in [5.74, 6) is -1.66. The van der Waals surface area contributed by atoms with Crippen LogP contribution < -0.4 is 0 Å². The number of allylic oxidation sites excluding steroid dienone is 1. The second-order valence-electron chi connectivity index (χ2n) is 3.85. The van der Waals surface area contributed by atoms with E-state index in [0.29, 0.717) is 10.9 Å². The zero-order valence-corrected chi connectivity index (χ0v) is 9.27. The van der Waals surface area contributed by atoms with Gasteiger partial charge >= 0.3 is 5.97 Å². The van der Waals surface area contributed by atoms with Gasteiger partial charge in [-0.15, -0.1) is 0 Å². The van der Waals surface area contributed by atoms with Crippen LogP contribution in [0.2, 0.25) is 0 Å². The van der Waals surface area contributed by atoms with Crippen molar-refractivity contribution in [1.82, 2.24) is 4.98 Å². The Balaban J connectivity index is 2.70. The minimum atomic E-state index is -1.19. The maximum absolute atomic E-state index is 10.8. The number of benzene rings is 1. The van der Waals surface area contributed by atoms with E-state index in [1.54, 1.807) is 12.1 Å². The highest BCUT2D eigenvalue weighted by atomic mass is 16.4. The number of hydrogen-bond donors (Lipinski definition) is 2. The molecule has 0 spiro atoms. The first-order chi connectivity index (χ1) is 7.99. The molecule has 2 N–H and O–H groups in total. The number of pyridine rings is 1. The first-order valence-corrected chi connectivity index (χ1v) is 5.02. The SMILES string of the molecule is C=C(C)c1ccc2cc(C(=O)O)c(O)nc2c1. The second kappa shape index (κ2) is 3.90. The maximum atomic E-state index is 10.8. The Hall–Kier alpha value is -2.36. The van der Waals surface area contributed by atoms with Crippen molar-refractivity contribution < 1.29 is 15.0 Å². The van der Waals surface area contributed by atoms with Gasteiger partial charge in [-0.3, -0.25) is 0 Å². The largest absolute Gasteiger partial charge is 0.493 e. The fourth-order valence-corrected chi connectivity index (χ4v) is 1.58. The van der Waals surface area contributed by atoms with E-state index in [2.05, 4.69) is 11.6 Å². The highest BCUT2D eigenvalue weighted by Gasteiger charge is 2.12. The van der Waals surface area contributed by atoms with E-state index in [9.17, 15) is 9.90 Å². The van der Waals surface area contributed by atoms with Crippen LogP contribution in [0.4, 0.5) is 0 Å². The topological polar surface area (TPSA) is 70.4 Å². The van der Waals surface area contributed by atoms with Gasteiger partial charge in [-0.25, -0.2) is 9.78 Å². The summed E-state index contributed by atoms with van der Waals surface area (Å²) in [6.07, 6.45) is 0. The van der Waals surface area contributed by atoms with E-state index in [4.69, 9.17) is 5.11 Å². The van der Waals surface area contributed by atoms with Crippen LogP contribution in [0.5, 0.6) is 5.88 Å². The fraction of sp³-hybridized carbons (Fsp3) is 0.0769. The molecule has 0 amide bonds. The molecule has 0 radical (unpaired) electrons. The Morgan fingerprint density at radius 1 is 1.35 bits per heavy atom. The molecule has 0 bridgehead atoms. The van der Waals surface area contributed by atoms with Crippen LogP contribution in [0.1, 0.15) is 22.8 Å². The van der Waals surface area contributed by atoms with E-state index in [-0.39, 0.29) is 5.56 Å². The van der Waals surface area contributed by atoms with Crippen molar-refractivity contribution in [2.75, 3.05) is 0 Å². The van der Waals surface area contributed by atoms with E-state index in [1.165, 1.54) is 6.07 Å². The quantitative estimate of drug-likeness (QED) is 0.830. The van der Waals surface area contributed by atoms with Gasteiger partial charge in [0.1, 0.15) is 5.56 Å². The van der Waals surface area contributed by atoms with Gasteiger partial charge in [0.2, 0.25) is 5.88 Å². The lowest BCUT2D eigenvalue weighted by Crippen LogP contribution is -1.98. The molecule has 0 aliphatic rings. The van der Waals surface area contributed by atoms with Crippen LogP contribution >= 0.6 is 0 Å². The number of hydrogen-bond acceptors (Lipinski definition) is 3. The summed E-state index contributed by atoms with van der Waals surface area (Å²) in [5.41, 5.74) is 2.15. The van der Waals surface area contributed by atoms with Gasteiger partial charge in [0, 0.05) is 5.39 Å². The summed E-state index contributed by atoms with van der Waals surface area (Å²) in [6, 6.07) is 6.78. The first-order valence-electron chi connectivity index (χ1n) is 5.02. The molecule has 0 saturated heterocycles. The van der Waals surface area contributed by atoms with Crippen LogP contribution in [-0.4, -0.2) is 21.2 Å². The van der Waals surface area contributed by atoms with E-state index in [1.807, 2.05) is 13.0 Å². The average molecular weight is 229 g/mol. The first kappa shape index (κ1) is 11.1. The number of aromatic carboxylic acids is 1. The van der Waals surface area contributed by atoms with Crippen LogP contribution in [0.25, 0.3) is 16.5 Å². The zero-order chi connectivity index (χ0) is 12.6. The molecule has 17 heavy (non-hydrogen) atoms. The third-order valence-corrected chi connectivity index (χ3v) is 2.52. The average Bonchev–Trinajstić information content (AvgIpc) is 2.26. The smallest absolute Gasteiger partial charge is 0.341 e. The Morgan fingerprint density at radius 2 is 2.06 bits per heavy atom. The minimum Gasteiger partial charge on any atom is -0.493 e. The van der Waals surface area contributed by atoms with Crippen molar-refractivity contribution in [2.45, 2.75) is 6.92 Å². The summed E-state index contributed by atoms with van der Waals surface area (Å²) in [4.78, 5) is 14.7. The van der Waals surface area contributed by atoms with Gasteiger partial charge < -0.3 is 10.2 Å². The number of aromatic nitrogens is 1. The van der Waals surface area contributed by atoms with Gasteiger partial charge in [-0.05, 0) is 24.6 Å². The summed E-state index contributed by atoms with van der Waals surface area (Å²) in [7, 11) is 0. The molecule has 2 rings (SSSR count). The van der Waals surface area contributed by atoms with Crippen molar-refractivity contribution in [3.05, 3.63) is 42.0 Å². The summed E-state index contributed by atoms with van der Waals surface area (Å²) in [5, 5.41) is 19.0. The van der Waals surface area contributed by atoms with Gasteiger partial charge in [-0.2, -0.15) is 0 Å². The monoisotopic (exact) mass is 229 g/mol. The zero-order valence-electron chi connectivity index (χ0n) is 9.27. The molecular weight excluding hydrogens is 218 g/mol. The number of rotatable bonds is 2. The predicted molar refractivity (Wildman–Crippen MR) is 65.1 cm³/mol. The van der Waals surface area contributed by atoms with Crippen molar-refractivity contribution >= 4 is 22.4 Å².